The average Bonchev–Trinajstić information content (AvgIpc) is 2.81. The predicted octanol–water partition coefficient (Wildman–Crippen LogP) is 0.988. The number of methoxy groups -OCH3 is 1. The maximum Gasteiger partial charge on any atom is 0.122 e. The highest BCUT2D eigenvalue weighted by atomic mass is 16.5. The van der Waals surface area contributed by atoms with E-state index in [9.17, 15) is 0 Å². The first-order chi connectivity index (χ1) is 8.92. The number of nitrogens with one attached hydrogen (secondary N) is 2. The Kier molecular flexibility index (Phi) is 5.45. The number of hydrogen-bond donors (Lipinski definition) is 2. The van der Waals surface area contributed by atoms with Gasteiger partial charge in [-0.05, 0) is 6.07 Å². The Morgan fingerprint density at radius 2 is 2.06 bits per heavy atom. The van der Waals surface area contributed by atoms with Crippen molar-refractivity contribution in [3.05, 3.63) is 29.8 Å². The molecule has 0 saturated carbocycles. The fourth-order valence-corrected chi connectivity index (χ4v) is 2.15. The van der Waals surface area contributed by atoms with Crippen LogP contribution < -0.4 is 15.4 Å². The Hall–Kier alpha value is -1.10. The molecule has 1 aliphatic heterocycles. The average molecular weight is 250 g/mol. The summed E-state index contributed by atoms with van der Waals surface area (Å²) >= 11 is 0. The topological polar surface area (TPSA) is 42.5 Å². The molecule has 0 bridgehead atoms. The molecule has 0 fully saturated rings. The largest absolute Gasteiger partial charge is 0.493 e. The van der Waals surface area contributed by atoms with E-state index >= 15 is 0 Å². The summed E-state index contributed by atoms with van der Waals surface area (Å²) in [6.45, 7) is 5.39. The molecule has 1 aromatic rings. The maximum atomic E-state index is 5.65. The van der Waals surface area contributed by atoms with Gasteiger partial charge in [0.15, 0.2) is 0 Å². The molecular formula is C14H22N2O2. The van der Waals surface area contributed by atoms with Gasteiger partial charge in [-0.15, -0.1) is 0 Å². The van der Waals surface area contributed by atoms with Crippen molar-refractivity contribution in [1.29, 1.82) is 0 Å². The summed E-state index contributed by atoms with van der Waals surface area (Å²) in [6.07, 6.45) is 0. The van der Waals surface area contributed by atoms with E-state index in [-0.39, 0.29) is 0 Å². The third kappa shape index (κ3) is 3.70. The van der Waals surface area contributed by atoms with E-state index < -0.39 is 0 Å². The number of benzene rings is 1. The highest BCUT2D eigenvalue weighted by Crippen LogP contribution is 2.32. The lowest BCUT2D eigenvalue weighted by Crippen LogP contribution is -2.32. The molecule has 0 saturated heterocycles. The zero-order valence-corrected chi connectivity index (χ0v) is 10.9. The molecule has 0 radical (unpaired) electrons. The van der Waals surface area contributed by atoms with Crippen molar-refractivity contribution in [1.82, 2.24) is 10.6 Å². The van der Waals surface area contributed by atoms with Crippen LogP contribution in [-0.2, 0) is 4.74 Å². The Morgan fingerprint density at radius 1 is 1.22 bits per heavy atom. The molecule has 0 amide bonds. The number of rotatable bonds is 8. The smallest absolute Gasteiger partial charge is 0.122 e. The lowest BCUT2D eigenvalue weighted by Gasteiger charge is -2.10. The van der Waals surface area contributed by atoms with E-state index in [1.54, 1.807) is 7.11 Å². The quantitative estimate of drug-likeness (QED) is 0.675. The van der Waals surface area contributed by atoms with Gasteiger partial charge in [-0.3, -0.25) is 0 Å². The van der Waals surface area contributed by atoms with E-state index in [1.165, 1.54) is 5.56 Å². The van der Waals surface area contributed by atoms with Crippen molar-refractivity contribution in [3.63, 3.8) is 0 Å². The Labute approximate surface area is 109 Å². The predicted molar refractivity (Wildman–Crippen MR) is 72.3 cm³/mol. The number of ether oxygens (including phenoxy) is 2. The van der Waals surface area contributed by atoms with E-state index in [4.69, 9.17) is 9.47 Å². The molecule has 1 atom stereocenters. The van der Waals surface area contributed by atoms with E-state index in [0.29, 0.717) is 5.92 Å². The van der Waals surface area contributed by atoms with Gasteiger partial charge in [0.2, 0.25) is 0 Å². The van der Waals surface area contributed by atoms with Crippen LogP contribution in [-0.4, -0.2) is 46.5 Å². The second-order valence-corrected chi connectivity index (χ2v) is 4.49. The van der Waals surface area contributed by atoms with Crippen molar-refractivity contribution in [2.45, 2.75) is 5.92 Å². The van der Waals surface area contributed by atoms with E-state index in [1.807, 2.05) is 12.1 Å². The summed E-state index contributed by atoms with van der Waals surface area (Å²) in [4.78, 5) is 0. The summed E-state index contributed by atoms with van der Waals surface area (Å²) in [6, 6.07) is 8.30. The standard InChI is InChI=1S/C14H22N2O2/c1-17-9-8-15-6-7-16-10-12-11-18-14-5-3-2-4-13(12)14/h2-5,12,15-16H,6-11H2,1H3. The molecule has 1 heterocycles. The van der Waals surface area contributed by atoms with Crippen LogP contribution in [0.2, 0.25) is 0 Å². The normalized spacial score (nSPS) is 17.5. The van der Waals surface area contributed by atoms with Crippen molar-refractivity contribution in [2.75, 3.05) is 46.5 Å². The minimum Gasteiger partial charge on any atom is -0.493 e. The maximum absolute atomic E-state index is 5.65. The molecule has 100 valence electrons. The fourth-order valence-electron chi connectivity index (χ4n) is 2.15. The third-order valence-electron chi connectivity index (χ3n) is 3.15. The van der Waals surface area contributed by atoms with Gasteiger partial charge >= 0.3 is 0 Å². The van der Waals surface area contributed by atoms with E-state index in [0.717, 1.165) is 45.1 Å². The lowest BCUT2D eigenvalue weighted by molar-refractivity contribution is 0.199. The first-order valence-corrected chi connectivity index (χ1v) is 6.54. The van der Waals surface area contributed by atoms with Crippen LogP contribution in [0.25, 0.3) is 0 Å². The fraction of sp³-hybridized carbons (Fsp3) is 0.571. The zero-order chi connectivity index (χ0) is 12.6. The van der Waals surface area contributed by atoms with Crippen molar-refractivity contribution >= 4 is 0 Å². The Balaban J connectivity index is 1.61. The first kappa shape index (κ1) is 13.3. The Morgan fingerprint density at radius 3 is 2.94 bits per heavy atom. The molecule has 2 rings (SSSR count). The number of para-hydroxylation sites is 1. The summed E-state index contributed by atoms with van der Waals surface area (Å²) in [5, 5.41) is 6.77. The van der Waals surface area contributed by atoms with Gasteiger partial charge in [-0.2, -0.15) is 0 Å². The van der Waals surface area contributed by atoms with Crippen LogP contribution >= 0.6 is 0 Å². The number of fused-ring (bicyclic) bond motifs is 1. The second-order valence-electron chi connectivity index (χ2n) is 4.49. The molecule has 1 aromatic carbocycles. The van der Waals surface area contributed by atoms with Crippen molar-refractivity contribution in [2.24, 2.45) is 0 Å². The van der Waals surface area contributed by atoms with Crippen molar-refractivity contribution in [3.8, 4) is 5.75 Å². The Bertz CT molecular complexity index is 357. The molecule has 1 aliphatic rings. The molecular weight excluding hydrogens is 228 g/mol. The van der Waals surface area contributed by atoms with Gasteiger partial charge < -0.3 is 20.1 Å². The highest BCUT2D eigenvalue weighted by Gasteiger charge is 2.22. The van der Waals surface area contributed by atoms with Gasteiger partial charge in [0.05, 0.1) is 13.2 Å². The SMILES string of the molecule is COCCNCCNCC1COc2ccccc21. The molecule has 0 spiro atoms. The summed E-state index contributed by atoms with van der Waals surface area (Å²) in [7, 11) is 1.72. The van der Waals surface area contributed by atoms with Gasteiger partial charge in [0, 0.05) is 44.8 Å². The van der Waals surface area contributed by atoms with Gasteiger partial charge in [-0.1, -0.05) is 18.2 Å². The molecule has 1 unspecified atom stereocenters. The summed E-state index contributed by atoms with van der Waals surface area (Å²) in [5.41, 5.74) is 1.33. The summed E-state index contributed by atoms with van der Waals surface area (Å²) < 4.78 is 10.6. The van der Waals surface area contributed by atoms with E-state index in [2.05, 4.69) is 22.8 Å². The molecule has 18 heavy (non-hydrogen) atoms. The third-order valence-corrected chi connectivity index (χ3v) is 3.15. The van der Waals surface area contributed by atoms with Crippen LogP contribution in [0, 0.1) is 0 Å². The molecule has 0 aliphatic carbocycles. The van der Waals surface area contributed by atoms with Crippen molar-refractivity contribution < 1.29 is 9.47 Å². The van der Waals surface area contributed by atoms with Gasteiger partial charge in [0.1, 0.15) is 5.75 Å². The molecule has 2 N–H and O–H groups in total. The highest BCUT2D eigenvalue weighted by molar-refractivity contribution is 5.39. The van der Waals surface area contributed by atoms with Gasteiger partial charge in [0.25, 0.3) is 0 Å². The van der Waals surface area contributed by atoms with Crippen LogP contribution in [0.1, 0.15) is 11.5 Å². The first-order valence-electron chi connectivity index (χ1n) is 6.54. The number of hydrogen-bond acceptors (Lipinski definition) is 4. The second kappa shape index (κ2) is 7.36. The molecule has 0 aromatic heterocycles. The van der Waals surface area contributed by atoms with Gasteiger partial charge in [-0.25, -0.2) is 0 Å². The van der Waals surface area contributed by atoms with Crippen LogP contribution in [0.4, 0.5) is 0 Å². The molecule has 4 nitrogen and oxygen atoms in total. The van der Waals surface area contributed by atoms with Crippen LogP contribution in [0.3, 0.4) is 0 Å². The minimum atomic E-state index is 0.486. The minimum absolute atomic E-state index is 0.486. The monoisotopic (exact) mass is 250 g/mol. The molecule has 4 heteroatoms. The lowest BCUT2D eigenvalue weighted by atomic mass is 10.0. The van der Waals surface area contributed by atoms with Crippen LogP contribution in [0.15, 0.2) is 24.3 Å². The van der Waals surface area contributed by atoms with Crippen LogP contribution in [0.5, 0.6) is 5.75 Å². The summed E-state index contributed by atoms with van der Waals surface area (Å²) in [5.74, 6) is 1.53. The zero-order valence-electron chi connectivity index (χ0n) is 10.9.